The minimum atomic E-state index is -0.560. The third-order valence-electron chi connectivity index (χ3n) is 7.97. The number of amides is 2. The van der Waals surface area contributed by atoms with E-state index in [-0.39, 0.29) is 36.7 Å². The van der Waals surface area contributed by atoms with E-state index < -0.39 is 6.29 Å². The number of carbonyl (C=O) groups is 2. The first kappa shape index (κ1) is 32.4. The number of aliphatic hydroxyl groups is 1. The van der Waals surface area contributed by atoms with Crippen LogP contribution in [0.4, 0.5) is 5.69 Å². The maximum atomic E-state index is 12.4. The molecule has 0 aromatic heterocycles. The van der Waals surface area contributed by atoms with Gasteiger partial charge in [-0.05, 0) is 55.6 Å². The summed E-state index contributed by atoms with van der Waals surface area (Å²) in [5.74, 6) is -0.0579. The van der Waals surface area contributed by atoms with E-state index in [1.807, 2.05) is 54.6 Å². The Morgan fingerprint density at radius 3 is 2.30 bits per heavy atom. The molecule has 1 aliphatic rings. The van der Waals surface area contributed by atoms with Gasteiger partial charge in [0.25, 0.3) is 0 Å². The van der Waals surface area contributed by atoms with Gasteiger partial charge in [-0.15, -0.1) is 0 Å². The predicted octanol–water partition coefficient (Wildman–Crippen LogP) is 6.05. The van der Waals surface area contributed by atoms with Crippen LogP contribution < -0.4 is 10.6 Å². The van der Waals surface area contributed by atoms with Crippen LogP contribution in [0.5, 0.6) is 0 Å². The average molecular weight is 588 g/mol. The van der Waals surface area contributed by atoms with Crippen LogP contribution in [0.2, 0.25) is 0 Å². The molecule has 1 heterocycles. The van der Waals surface area contributed by atoms with Crippen LogP contribution in [-0.4, -0.2) is 48.1 Å². The molecule has 4 rings (SSSR count). The Morgan fingerprint density at radius 2 is 1.63 bits per heavy atom. The summed E-state index contributed by atoms with van der Waals surface area (Å²) in [5, 5.41) is 15.2. The number of rotatable bonds is 14. The largest absolute Gasteiger partial charge is 0.392 e. The number of unbranched alkanes of at least 4 members (excludes halogenated alkanes) is 2. The minimum Gasteiger partial charge on any atom is -0.392 e. The van der Waals surface area contributed by atoms with Gasteiger partial charge in [0, 0.05) is 50.1 Å². The summed E-state index contributed by atoms with van der Waals surface area (Å²) in [6.07, 6.45) is 2.86. The van der Waals surface area contributed by atoms with Crippen molar-refractivity contribution in [3.05, 3.63) is 101 Å². The Bertz CT molecular complexity index is 1280. The van der Waals surface area contributed by atoms with Crippen LogP contribution in [0.25, 0.3) is 0 Å². The zero-order valence-electron chi connectivity index (χ0n) is 25.5. The topological polar surface area (TPSA) is 100 Å². The molecule has 43 heavy (non-hydrogen) atoms. The molecule has 230 valence electrons. The number of hydrogen-bond donors (Lipinski definition) is 3. The smallest absolute Gasteiger partial charge is 0.224 e. The Balaban J connectivity index is 1.39. The molecular formula is C35H45N3O5. The first-order valence-corrected chi connectivity index (χ1v) is 15.2. The van der Waals surface area contributed by atoms with Crippen LogP contribution in [0.1, 0.15) is 86.6 Å². The molecule has 1 aliphatic heterocycles. The van der Waals surface area contributed by atoms with Crippen molar-refractivity contribution >= 4 is 17.5 Å². The standard InChI is InChI=1S/C35H45N3O5/c1-25(28-10-6-4-7-11-28)38(3)23-32-22-33(29-15-13-27(24-39)14-16-29)43-35(42-32)30-17-19-31(20-18-30)37-34(41)12-8-5-9-21-36-26(2)40/h4,6-7,10-11,13-20,25,32-33,35,39H,5,8-9,12,21-24H2,1-3H3,(H,36,40)(H,37,41). The van der Waals surface area contributed by atoms with Gasteiger partial charge in [0.2, 0.25) is 11.8 Å². The SMILES string of the molecule is CC(=O)NCCCCCC(=O)Nc1ccc(C2OC(CN(C)C(C)c3ccccc3)CC(c3ccc(CO)cc3)O2)cc1. The van der Waals surface area contributed by atoms with Crippen LogP contribution >= 0.6 is 0 Å². The van der Waals surface area contributed by atoms with Crippen molar-refractivity contribution in [2.75, 3.05) is 25.5 Å². The molecule has 0 radical (unpaired) electrons. The van der Waals surface area contributed by atoms with Gasteiger partial charge in [-0.3, -0.25) is 14.5 Å². The van der Waals surface area contributed by atoms with E-state index in [4.69, 9.17) is 9.47 Å². The maximum absolute atomic E-state index is 12.4. The van der Waals surface area contributed by atoms with E-state index in [9.17, 15) is 14.7 Å². The molecular weight excluding hydrogens is 542 g/mol. The second kappa shape index (κ2) is 16.3. The highest BCUT2D eigenvalue weighted by Crippen LogP contribution is 2.39. The van der Waals surface area contributed by atoms with Crippen LogP contribution in [-0.2, 0) is 25.7 Å². The molecule has 0 saturated carbocycles. The van der Waals surface area contributed by atoms with Crippen LogP contribution in [0.15, 0.2) is 78.9 Å². The van der Waals surface area contributed by atoms with Crippen molar-refractivity contribution < 1.29 is 24.2 Å². The van der Waals surface area contributed by atoms with Crippen molar-refractivity contribution in [3.63, 3.8) is 0 Å². The summed E-state index contributed by atoms with van der Waals surface area (Å²) in [6.45, 7) is 5.09. The lowest BCUT2D eigenvalue weighted by atomic mass is 9.99. The van der Waals surface area contributed by atoms with Crippen molar-refractivity contribution in [1.29, 1.82) is 0 Å². The number of nitrogens with one attached hydrogen (secondary N) is 2. The number of ether oxygens (including phenoxy) is 2. The van der Waals surface area contributed by atoms with Gasteiger partial charge in [-0.2, -0.15) is 0 Å². The molecule has 1 fully saturated rings. The normalized spacial score (nSPS) is 19.1. The molecule has 0 bridgehead atoms. The Labute approximate surface area is 255 Å². The first-order chi connectivity index (χ1) is 20.8. The number of aliphatic hydroxyl groups excluding tert-OH is 1. The summed E-state index contributed by atoms with van der Waals surface area (Å²) in [4.78, 5) is 25.7. The monoisotopic (exact) mass is 587 g/mol. The maximum Gasteiger partial charge on any atom is 0.224 e. The zero-order valence-corrected chi connectivity index (χ0v) is 25.5. The quantitative estimate of drug-likeness (QED) is 0.199. The highest BCUT2D eigenvalue weighted by Gasteiger charge is 2.33. The van der Waals surface area contributed by atoms with Crippen molar-refractivity contribution in [1.82, 2.24) is 10.2 Å². The second-order valence-corrected chi connectivity index (χ2v) is 11.3. The molecule has 4 unspecified atom stereocenters. The fraction of sp³-hybridized carbons (Fsp3) is 0.429. The van der Waals surface area contributed by atoms with Gasteiger partial charge in [0.05, 0.1) is 18.8 Å². The van der Waals surface area contributed by atoms with Crippen LogP contribution in [0, 0.1) is 0 Å². The third kappa shape index (κ3) is 10.0. The summed E-state index contributed by atoms with van der Waals surface area (Å²) < 4.78 is 13.0. The van der Waals surface area contributed by atoms with Gasteiger partial charge in [-0.25, -0.2) is 0 Å². The lowest BCUT2D eigenvalue weighted by molar-refractivity contribution is -0.253. The van der Waals surface area contributed by atoms with Crippen molar-refractivity contribution in [2.45, 2.75) is 77.1 Å². The van der Waals surface area contributed by atoms with E-state index in [0.717, 1.165) is 48.2 Å². The van der Waals surface area contributed by atoms with E-state index in [1.54, 1.807) is 0 Å². The van der Waals surface area contributed by atoms with E-state index in [2.05, 4.69) is 53.8 Å². The number of carbonyl (C=O) groups excluding carboxylic acids is 2. The first-order valence-electron chi connectivity index (χ1n) is 15.2. The van der Waals surface area contributed by atoms with E-state index in [0.29, 0.717) is 19.4 Å². The highest BCUT2D eigenvalue weighted by molar-refractivity contribution is 5.90. The Hall–Kier alpha value is -3.56. The molecule has 3 aromatic carbocycles. The molecule has 3 N–H and O–H groups in total. The van der Waals surface area contributed by atoms with Gasteiger partial charge in [0.1, 0.15) is 0 Å². The number of anilines is 1. The van der Waals surface area contributed by atoms with Crippen molar-refractivity contribution in [2.24, 2.45) is 0 Å². The lowest BCUT2D eigenvalue weighted by Crippen LogP contribution is -2.38. The average Bonchev–Trinajstić information content (AvgIpc) is 3.03. The van der Waals surface area contributed by atoms with Crippen LogP contribution in [0.3, 0.4) is 0 Å². The molecule has 0 spiro atoms. The molecule has 3 aromatic rings. The molecule has 0 aliphatic carbocycles. The second-order valence-electron chi connectivity index (χ2n) is 11.3. The summed E-state index contributed by atoms with van der Waals surface area (Å²) >= 11 is 0. The van der Waals surface area contributed by atoms with Gasteiger partial charge in [0.15, 0.2) is 6.29 Å². The fourth-order valence-electron chi connectivity index (χ4n) is 5.30. The van der Waals surface area contributed by atoms with Gasteiger partial charge < -0.3 is 25.2 Å². The Kier molecular flexibility index (Phi) is 12.3. The summed E-state index contributed by atoms with van der Waals surface area (Å²) in [5.41, 5.74) is 4.79. The molecule has 8 heteroatoms. The number of benzene rings is 3. The molecule has 4 atom stereocenters. The minimum absolute atomic E-state index is 0.00379. The Morgan fingerprint density at radius 1 is 0.930 bits per heavy atom. The van der Waals surface area contributed by atoms with E-state index >= 15 is 0 Å². The summed E-state index contributed by atoms with van der Waals surface area (Å²) in [6, 6.07) is 26.2. The zero-order chi connectivity index (χ0) is 30.6. The lowest BCUT2D eigenvalue weighted by Gasteiger charge is -2.39. The highest BCUT2D eigenvalue weighted by atomic mass is 16.7. The summed E-state index contributed by atoms with van der Waals surface area (Å²) in [7, 11) is 2.12. The molecule has 2 amide bonds. The van der Waals surface area contributed by atoms with E-state index in [1.165, 1.54) is 12.5 Å². The third-order valence-corrected chi connectivity index (χ3v) is 7.97. The van der Waals surface area contributed by atoms with Gasteiger partial charge >= 0.3 is 0 Å². The number of likely N-dealkylation sites (N-methyl/N-ethyl adjacent to an activating group) is 1. The number of hydrogen-bond acceptors (Lipinski definition) is 6. The molecule has 1 saturated heterocycles. The predicted molar refractivity (Wildman–Crippen MR) is 168 cm³/mol. The fourth-order valence-corrected chi connectivity index (χ4v) is 5.30. The number of nitrogens with zero attached hydrogens (tertiary/aromatic N) is 1. The van der Waals surface area contributed by atoms with Crippen molar-refractivity contribution in [3.8, 4) is 0 Å². The molecule has 8 nitrogen and oxygen atoms in total. The van der Waals surface area contributed by atoms with Gasteiger partial charge in [-0.1, -0.05) is 73.2 Å².